The molecule has 0 aliphatic heterocycles. The van der Waals surface area contributed by atoms with Crippen molar-refractivity contribution < 1.29 is 14.7 Å². The topological polar surface area (TPSA) is 93.7 Å². The zero-order chi connectivity index (χ0) is 21.6. The van der Waals surface area contributed by atoms with Gasteiger partial charge in [0.15, 0.2) is 6.17 Å². The number of carboxylic acids is 1. The number of hydrogen-bond acceptors (Lipinski definition) is 4. The first-order chi connectivity index (χ1) is 13.8. The number of amides is 2. The molecule has 156 valence electrons. The van der Waals surface area contributed by atoms with Crippen LogP contribution in [0.2, 0.25) is 0 Å². The monoisotopic (exact) mass is 398 g/mol. The Morgan fingerprint density at radius 3 is 2.14 bits per heavy atom. The van der Waals surface area contributed by atoms with Crippen LogP contribution in [-0.4, -0.2) is 43.4 Å². The average molecular weight is 399 g/mol. The van der Waals surface area contributed by atoms with E-state index in [0.717, 1.165) is 41.0 Å². The standard InChI is InChI=1S/C22H30N4O3/c1-6-26(7-2)17-13-9-11-15(4)19(17)18-14(3)10-8-12-16(18)24-22(29)25-20(23-5)21(27)28/h8-13,20,23H,6-7H2,1-5H3,(H,27,28)(H2,24,25,29). The quantitative estimate of drug-likeness (QED) is 0.510. The fourth-order valence-electron chi connectivity index (χ4n) is 3.46. The van der Waals surface area contributed by atoms with Crippen LogP contribution in [0, 0.1) is 13.8 Å². The summed E-state index contributed by atoms with van der Waals surface area (Å²) in [5.74, 6) is -1.16. The minimum absolute atomic E-state index is 0.587. The molecule has 4 N–H and O–H groups in total. The molecule has 29 heavy (non-hydrogen) atoms. The van der Waals surface area contributed by atoms with Gasteiger partial charge in [-0.05, 0) is 58.0 Å². The first-order valence-corrected chi connectivity index (χ1v) is 9.76. The number of likely N-dealkylation sites (N-methyl/N-ethyl adjacent to an activating group) is 1. The molecule has 0 heterocycles. The number of carboxylic acid groups (broad SMARTS) is 1. The van der Waals surface area contributed by atoms with Crippen LogP contribution in [0.25, 0.3) is 11.1 Å². The van der Waals surface area contributed by atoms with E-state index in [1.807, 2.05) is 31.2 Å². The Morgan fingerprint density at radius 2 is 1.59 bits per heavy atom. The number of carbonyl (C=O) groups excluding carboxylic acids is 1. The largest absolute Gasteiger partial charge is 0.479 e. The Bertz CT molecular complexity index is 878. The smallest absolute Gasteiger partial charge is 0.341 e. The molecule has 0 aliphatic carbocycles. The van der Waals surface area contributed by atoms with Crippen LogP contribution in [0.4, 0.5) is 16.2 Å². The third-order valence-electron chi connectivity index (χ3n) is 4.94. The minimum atomic E-state index is -1.17. The van der Waals surface area contributed by atoms with Gasteiger partial charge in [-0.15, -0.1) is 0 Å². The van der Waals surface area contributed by atoms with E-state index in [-0.39, 0.29) is 0 Å². The maximum Gasteiger partial charge on any atom is 0.341 e. The molecule has 0 spiro atoms. The Balaban J connectivity index is 2.52. The summed E-state index contributed by atoms with van der Waals surface area (Å²) in [6.45, 7) is 10.0. The first kappa shape index (κ1) is 22.2. The molecule has 1 atom stereocenters. The molecule has 0 aromatic heterocycles. The number of nitrogens with zero attached hydrogens (tertiary/aromatic N) is 1. The highest BCUT2D eigenvalue weighted by molar-refractivity contribution is 5.99. The molecule has 0 saturated heterocycles. The fraction of sp³-hybridized carbons (Fsp3) is 0.364. The van der Waals surface area contributed by atoms with Crippen molar-refractivity contribution in [1.29, 1.82) is 0 Å². The number of urea groups is 1. The number of benzene rings is 2. The molecule has 7 nitrogen and oxygen atoms in total. The summed E-state index contributed by atoms with van der Waals surface area (Å²) < 4.78 is 0. The normalized spacial score (nSPS) is 11.6. The van der Waals surface area contributed by atoms with Gasteiger partial charge in [-0.25, -0.2) is 9.59 Å². The van der Waals surface area contributed by atoms with Crippen LogP contribution in [0.1, 0.15) is 25.0 Å². The molecule has 2 amide bonds. The van der Waals surface area contributed by atoms with Crippen LogP contribution >= 0.6 is 0 Å². The van der Waals surface area contributed by atoms with Gasteiger partial charge in [0.05, 0.1) is 5.69 Å². The van der Waals surface area contributed by atoms with E-state index in [4.69, 9.17) is 5.11 Å². The summed E-state index contributed by atoms with van der Waals surface area (Å²) >= 11 is 0. The summed E-state index contributed by atoms with van der Waals surface area (Å²) in [6.07, 6.45) is -1.17. The van der Waals surface area contributed by atoms with Gasteiger partial charge in [-0.2, -0.15) is 0 Å². The summed E-state index contributed by atoms with van der Waals surface area (Å²) in [6, 6.07) is 11.3. The predicted octanol–water partition coefficient (Wildman–Crippen LogP) is 3.57. The van der Waals surface area contributed by atoms with Gasteiger partial charge in [0.2, 0.25) is 0 Å². The van der Waals surface area contributed by atoms with Crippen molar-refractivity contribution in [1.82, 2.24) is 10.6 Å². The zero-order valence-electron chi connectivity index (χ0n) is 17.7. The number of anilines is 2. The molecule has 1 unspecified atom stereocenters. The minimum Gasteiger partial charge on any atom is -0.479 e. The summed E-state index contributed by atoms with van der Waals surface area (Å²) in [4.78, 5) is 25.9. The van der Waals surface area contributed by atoms with E-state index in [0.29, 0.717) is 5.69 Å². The van der Waals surface area contributed by atoms with Crippen LogP contribution in [0.15, 0.2) is 36.4 Å². The molecule has 0 fully saturated rings. The van der Waals surface area contributed by atoms with Gasteiger partial charge in [-0.1, -0.05) is 24.3 Å². The molecule has 0 bridgehead atoms. The Morgan fingerprint density at radius 1 is 1.00 bits per heavy atom. The second kappa shape index (κ2) is 9.93. The second-order valence-corrected chi connectivity index (χ2v) is 6.80. The van der Waals surface area contributed by atoms with Gasteiger partial charge in [0, 0.05) is 29.9 Å². The summed E-state index contributed by atoms with van der Waals surface area (Å²) in [5.41, 5.74) is 5.85. The molecule has 2 rings (SSSR count). The lowest BCUT2D eigenvalue weighted by molar-refractivity contribution is -0.139. The van der Waals surface area contributed by atoms with Crippen molar-refractivity contribution >= 4 is 23.4 Å². The molecule has 7 heteroatoms. The van der Waals surface area contributed by atoms with Crippen molar-refractivity contribution in [3.63, 3.8) is 0 Å². The SMILES string of the molecule is CCN(CC)c1cccc(C)c1-c1c(C)cccc1NC(=O)NC(NC)C(=O)O. The van der Waals surface area contributed by atoms with E-state index in [9.17, 15) is 9.59 Å². The van der Waals surface area contributed by atoms with Gasteiger partial charge in [-0.3, -0.25) is 5.32 Å². The number of nitrogens with one attached hydrogen (secondary N) is 3. The van der Waals surface area contributed by atoms with Crippen molar-refractivity contribution in [2.45, 2.75) is 33.9 Å². The van der Waals surface area contributed by atoms with E-state index < -0.39 is 18.2 Å². The molecule has 0 saturated carbocycles. The lowest BCUT2D eigenvalue weighted by Crippen LogP contribution is -2.50. The van der Waals surface area contributed by atoms with Crippen LogP contribution < -0.4 is 20.9 Å². The van der Waals surface area contributed by atoms with Gasteiger partial charge < -0.3 is 20.6 Å². The van der Waals surface area contributed by atoms with E-state index in [2.05, 4.69) is 53.8 Å². The Kier molecular flexibility index (Phi) is 7.61. The number of carbonyl (C=O) groups is 2. The van der Waals surface area contributed by atoms with E-state index in [1.54, 1.807) is 0 Å². The predicted molar refractivity (Wildman–Crippen MR) is 118 cm³/mol. The lowest BCUT2D eigenvalue weighted by atomic mass is 9.92. The highest BCUT2D eigenvalue weighted by Crippen LogP contribution is 2.40. The van der Waals surface area contributed by atoms with Crippen LogP contribution in [0.5, 0.6) is 0 Å². The van der Waals surface area contributed by atoms with Crippen molar-refractivity contribution in [2.24, 2.45) is 0 Å². The molecule has 2 aromatic rings. The van der Waals surface area contributed by atoms with Gasteiger partial charge in [0.25, 0.3) is 0 Å². The summed E-state index contributed by atoms with van der Waals surface area (Å²) in [7, 11) is 1.47. The maximum absolute atomic E-state index is 12.5. The molecule has 0 radical (unpaired) electrons. The third-order valence-corrected chi connectivity index (χ3v) is 4.94. The van der Waals surface area contributed by atoms with Crippen LogP contribution in [0.3, 0.4) is 0 Å². The van der Waals surface area contributed by atoms with Gasteiger partial charge in [0.1, 0.15) is 0 Å². The van der Waals surface area contributed by atoms with E-state index in [1.165, 1.54) is 7.05 Å². The second-order valence-electron chi connectivity index (χ2n) is 6.80. The number of hydrogen-bond donors (Lipinski definition) is 4. The number of aryl methyl sites for hydroxylation is 2. The first-order valence-electron chi connectivity index (χ1n) is 9.76. The maximum atomic E-state index is 12.5. The highest BCUT2D eigenvalue weighted by Gasteiger charge is 2.21. The number of rotatable bonds is 8. The average Bonchev–Trinajstić information content (AvgIpc) is 2.68. The highest BCUT2D eigenvalue weighted by atomic mass is 16.4. The van der Waals surface area contributed by atoms with Crippen molar-refractivity contribution in [3.05, 3.63) is 47.5 Å². The van der Waals surface area contributed by atoms with Crippen LogP contribution in [-0.2, 0) is 4.79 Å². The molecular weight excluding hydrogens is 368 g/mol. The van der Waals surface area contributed by atoms with Crippen molar-refractivity contribution in [2.75, 3.05) is 30.4 Å². The van der Waals surface area contributed by atoms with Gasteiger partial charge >= 0.3 is 12.0 Å². The molecular formula is C22H30N4O3. The van der Waals surface area contributed by atoms with E-state index >= 15 is 0 Å². The summed E-state index contributed by atoms with van der Waals surface area (Å²) in [5, 5.41) is 16.9. The zero-order valence-corrected chi connectivity index (χ0v) is 17.7. The Labute approximate surface area is 172 Å². The number of aliphatic carboxylic acids is 1. The fourth-order valence-corrected chi connectivity index (χ4v) is 3.46. The third kappa shape index (κ3) is 5.06. The molecule has 0 aliphatic rings. The molecule has 2 aromatic carbocycles. The lowest BCUT2D eigenvalue weighted by Gasteiger charge is -2.27. The van der Waals surface area contributed by atoms with Crippen molar-refractivity contribution in [3.8, 4) is 11.1 Å². The Hall–Kier alpha value is -3.06.